The third kappa shape index (κ3) is 13.0. The van der Waals surface area contributed by atoms with Crippen molar-refractivity contribution in [1.82, 2.24) is 0 Å². The zero-order valence-electron chi connectivity index (χ0n) is 17.8. The van der Waals surface area contributed by atoms with Crippen molar-refractivity contribution < 1.29 is 28.0 Å². The summed E-state index contributed by atoms with van der Waals surface area (Å²) in [6.45, 7) is 20.7. The van der Waals surface area contributed by atoms with Crippen molar-refractivity contribution in [1.29, 1.82) is 0 Å². The minimum absolute atomic E-state index is 0.0216. The molecule has 0 spiro atoms. The van der Waals surface area contributed by atoms with Gasteiger partial charge in [0.25, 0.3) is 0 Å². The Bertz CT molecular complexity index is 464. The summed E-state index contributed by atoms with van der Waals surface area (Å²) in [6.07, 6.45) is 0.764. The normalized spacial score (nSPS) is 15.6. The molecule has 2 N–H and O–H groups in total. The van der Waals surface area contributed by atoms with Gasteiger partial charge in [0, 0.05) is 18.6 Å². The summed E-state index contributed by atoms with van der Waals surface area (Å²) in [5.41, 5.74) is -1.26. The highest BCUT2D eigenvalue weighted by Gasteiger charge is 2.39. The van der Waals surface area contributed by atoms with Crippen LogP contribution in [0.1, 0.15) is 19.8 Å². The average Bonchev–Trinajstić information content (AvgIpc) is 2.32. The molecular formula is C17H38O6Si3. The monoisotopic (exact) mass is 422 g/mol. The lowest BCUT2D eigenvalue weighted by molar-refractivity contribution is -0.133. The Hall–Kier alpha value is -0.299. The van der Waals surface area contributed by atoms with Gasteiger partial charge in [0.1, 0.15) is 0 Å². The summed E-state index contributed by atoms with van der Waals surface area (Å²) in [6, 6.07) is 0.839. The van der Waals surface area contributed by atoms with Crippen molar-refractivity contribution in [3.63, 3.8) is 0 Å². The molecule has 0 amide bonds. The smallest absolute Gasteiger partial charge is 0.331 e. The third-order valence-electron chi connectivity index (χ3n) is 3.27. The second-order valence-electron chi connectivity index (χ2n) is 9.30. The van der Waals surface area contributed by atoms with E-state index in [-0.39, 0.29) is 18.6 Å². The van der Waals surface area contributed by atoms with E-state index in [0.717, 1.165) is 12.5 Å². The fourth-order valence-corrected chi connectivity index (χ4v) is 15.3. The van der Waals surface area contributed by atoms with Crippen molar-refractivity contribution in [2.45, 2.75) is 77.2 Å². The van der Waals surface area contributed by atoms with Crippen LogP contribution in [0.5, 0.6) is 0 Å². The molecule has 9 heteroatoms. The molecule has 154 valence electrons. The van der Waals surface area contributed by atoms with Crippen LogP contribution < -0.4 is 0 Å². The van der Waals surface area contributed by atoms with Gasteiger partial charge in [0.2, 0.25) is 0 Å². The Labute approximate surface area is 162 Å². The maximum Gasteiger partial charge on any atom is 0.331 e. The molecule has 0 aliphatic carbocycles. The third-order valence-corrected chi connectivity index (χ3v) is 12.9. The zero-order valence-corrected chi connectivity index (χ0v) is 20.8. The van der Waals surface area contributed by atoms with Crippen LogP contribution in [0, 0.1) is 0 Å². The largest absolute Gasteiger partial charge is 0.478 e. The summed E-state index contributed by atoms with van der Waals surface area (Å²) in [7, 11) is -5.68. The highest BCUT2D eigenvalue weighted by molar-refractivity contribution is 6.87. The summed E-state index contributed by atoms with van der Waals surface area (Å²) >= 11 is 0. The van der Waals surface area contributed by atoms with Gasteiger partial charge < -0.3 is 23.2 Å². The first-order valence-corrected chi connectivity index (χ1v) is 18.4. The molecular weight excluding hydrogens is 384 g/mol. The molecule has 0 aromatic carbocycles. The lowest BCUT2D eigenvalue weighted by Gasteiger charge is -2.38. The lowest BCUT2D eigenvalue weighted by Crippen LogP contribution is -2.52. The van der Waals surface area contributed by atoms with E-state index in [9.17, 15) is 9.90 Å². The van der Waals surface area contributed by atoms with Crippen molar-refractivity contribution in [3.8, 4) is 0 Å². The van der Waals surface area contributed by atoms with Crippen molar-refractivity contribution in [2.24, 2.45) is 0 Å². The second-order valence-corrected chi connectivity index (χ2v) is 22.2. The maximum atomic E-state index is 10.8. The predicted molar refractivity (Wildman–Crippen MR) is 113 cm³/mol. The molecule has 0 fully saturated rings. The van der Waals surface area contributed by atoms with E-state index in [4.69, 9.17) is 18.1 Å². The van der Waals surface area contributed by atoms with Crippen molar-refractivity contribution >= 4 is 31.2 Å². The highest BCUT2D eigenvalue weighted by Crippen LogP contribution is 2.25. The van der Waals surface area contributed by atoms with Gasteiger partial charge in [-0.3, -0.25) is 0 Å². The Balaban J connectivity index is 4.51. The number of hydrogen-bond donors (Lipinski definition) is 2. The van der Waals surface area contributed by atoms with E-state index in [0.29, 0.717) is 6.61 Å². The number of aliphatic hydroxyl groups is 1. The SMILES string of the molecule is C=C(CC(C)(O)COCCC[Si](C)(O[Si](C)(C)C)O[Si](C)(C)C)C(=O)O. The summed E-state index contributed by atoms with van der Waals surface area (Å²) in [5.74, 6) is -1.10. The van der Waals surface area contributed by atoms with Gasteiger partial charge in [-0.15, -0.1) is 0 Å². The summed E-state index contributed by atoms with van der Waals surface area (Å²) < 4.78 is 18.5. The van der Waals surface area contributed by atoms with Crippen LogP contribution in [0.4, 0.5) is 0 Å². The summed E-state index contributed by atoms with van der Waals surface area (Å²) in [5, 5.41) is 19.1. The molecule has 0 bridgehead atoms. The number of carboxylic acid groups (broad SMARTS) is 1. The first-order chi connectivity index (χ1) is 11.4. The molecule has 26 heavy (non-hydrogen) atoms. The molecule has 1 unspecified atom stereocenters. The predicted octanol–water partition coefficient (Wildman–Crippen LogP) is 3.95. The fraction of sp³-hybridized carbons (Fsp3) is 0.824. The van der Waals surface area contributed by atoms with Crippen LogP contribution in [0.3, 0.4) is 0 Å². The van der Waals surface area contributed by atoms with Crippen LogP contribution in [0.25, 0.3) is 0 Å². The van der Waals surface area contributed by atoms with E-state index in [1.165, 1.54) is 0 Å². The molecule has 0 aromatic heterocycles. The Kier molecular flexibility index (Phi) is 9.65. The minimum atomic E-state index is -2.27. The molecule has 0 aliphatic heterocycles. The van der Waals surface area contributed by atoms with Gasteiger partial charge in [-0.1, -0.05) is 6.58 Å². The number of carboxylic acids is 1. The van der Waals surface area contributed by atoms with E-state index in [1.54, 1.807) is 6.92 Å². The maximum absolute atomic E-state index is 10.8. The highest BCUT2D eigenvalue weighted by atomic mass is 28.5. The quantitative estimate of drug-likeness (QED) is 0.265. The van der Waals surface area contributed by atoms with E-state index < -0.39 is 36.8 Å². The molecule has 0 aliphatic rings. The average molecular weight is 423 g/mol. The number of hydrogen-bond acceptors (Lipinski definition) is 5. The lowest BCUT2D eigenvalue weighted by atomic mass is 9.98. The molecule has 0 rings (SSSR count). The Morgan fingerprint density at radius 1 is 1.04 bits per heavy atom. The Morgan fingerprint density at radius 2 is 1.50 bits per heavy atom. The first-order valence-electron chi connectivity index (χ1n) is 9.06. The standard InChI is InChI=1S/C17H38O6Si3/c1-15(16(18)19)13-17(2,20)14-21-11-10-12-26(9,22-24(3,4)5)23-25(6,7)8/h20H,1,10-14H2,2-9H3,(H,18,19). The number of rotatable bonds is 13. The minimum Gasteiger partial charge on any atom is -0.478 e. The van der Waals surface area contributed by atoms with Crippen molar-refractivity contribution in [3.05, 3.63) is 12.2 Å². The van der Waals surface area contributed by atoms with Crippen molar-refractivity contribution in [2.75, 3.05) is 13.2 Å². The fourth-order valence-electron chi connectivity index (χ4n) is 2.79. The summed E-state index contributed by atoms with van der Waals surface area (Å²) in [4.78, 5) is 10.8. The molecule has 0 heterocycles. The molecule has 0 saturated carbocycles. The number of carbonyl (C=O) groups is 1. The van der Waals surface area contributed by atoms with Gasteiger partial charge in [0.15, 0.2) is 16.6 Å². The number of ether oxygens (including phenoxy) is 1. The topological polar surface area (TPSA) is 85.2 Å². The van der Waals surface area contributed by atoms with E-state index in [2.05, 4.69) is 52.4 Å². The van der Waals surface area contributed by atoms with Crippen LogP contribution in [0.2, 0.25) is 51.9 Å². The van der Waals surface area contributed by atoms with Gasteiger partial charge in [-0.05, 0) is 65.2 Å². The van der Waals surface area contributed by atoms with Gasteiger partial charge >= 0.3 is 14.5 Å². The molecule has 0 radical (unpaired) electrons. The van der Waals surface area contributed by atoms with Crippen LogP contribution in [-0.4, -0.2) is 60.2 Å². The van der Waals surface area contributed by atoms with Crippen LogP contribution in [0.15, 0.2) is 12.2 Å². The molecule has 0 saturated heterocycles. The first kappa shape index (κ1) is 25.7. The molecule has 1 atom stereocenters. The van der Waals surface area contributed by atoms with Crippen LogP contribution >= 0.6 is 0 Å². The Morgan fingerprint density at radius 3 is 1.88 bits per heavy atom. The molecule has 0 aromatic rings. The van der Waals surface area contributed by atoms with E-state index >= 15 is 0 Å². The van der Waals surface area contributed by atoms with E-state index in [1.807, 2.05) is 0 Å². The van der Waals surface area contributed by atoms with Crippen LogP contribution in [-0.2, 0) is 17.8 Å². The van der Waals surface area contributed by atoms with Gasteiger partial charge in [-0.25, -0.2) is 4.79 Å². The van der Waals surface area contributed by atoms with Gasteiger partial charge in [-0.2, -0.15) is 0 Å². The molecule has 6 nitrogen and oxygen atoms in total. The van der Waals surface area contributed by atoms with Gasteiger partial charge in [0.05, 0.1) is 12.2 Å². The second kappa shape index (κ2) is 9.76. The number of aliphatic carboxylic acids is 1. The zero-order chi connectivity index (χ0) is 20.8.